The van der Waals surface area contributed by atoms with Crippen molar-refractivity contribution in [2.75, 3.05) is 0 Å². The molecular weight excluding hydrogens is 440 g/mol. The normalized spacial score (nSPS) is 14.8. The van der Waals surface area contributed by atoms with Crippen LogP contribution in [0.4, 0.5) is 0 Å². The first kappa shape index (κ1) is 21.6. The lowest BCUT2D eigenvalue weighted by Crippen LogP contribution is -1.99. The van der Waals surface area contributed by atoms with Crippen LogP contribution in [0.5, 0.6) is 0 Å². The number of hydrogen-bond acceptors (Lipinski definition) is 3. The van der Waals surface area contributed by atoms with E-state index in [0.29, 0.717) is 17.5 Å². The molecule has 3 heteroatoms. The first-order chi connectivity index (χ1) is 17.7. The monoisotopic (exact) mass is 470 g/mol. The molecule has 7 rings (SSSR count). The molecule has 178 valence electrons. The SMILES string of the molecule is CC(C)Cc1cc(-c2cc(C3CCCC3)c3c(ccc4ccccc43)n2)c2oc3ncccc3c2c1. The van der Waals surface area contributed by atoms with E-state index < -0.39 is 0 Å². The van der Waals surface area contributed by atoms with Gasteiger partial charge >= 0.3 is 0 Å². The maximum Gasteiger partial charge on any atom is 0.227 e. The molecule has 0 unspecified atom stereocenters. The first-order valence-electron chi connectivity index (χ1n) is 13.3. The van der Waals surface area contributed by atoms with Crippen LogP contribution in [-0.4, -0.2) is 9.97 Å². The fourth-order valence-electron chi connectivity index (χ4n) is 6.29. The molecule has 1 aliphatic carbocycles. The van der Waals surface area contributed by atoms with Crippen molar-refractivity contribution < 1.29 is 4.42 Å². The minimum Gasteiger partial charge on any atom is -0.437 e. The van der Waals surface area contributed by atoms with Crippen LogP contribution in [0, 0.1) is 5.92 Å². The van der Waals surface area contributed by atoms with Gasteiger partial charge in [0.25, 0.3) is 0 Å². The standard InChI is InChI=1S/C33H30N2O/c1-20(2)16-21-17-27-25-12-7-15-34-33(25)36-32(27)28(18-21)30-19-26(22-8-3-4-9-22)31-24-11-6-5-10-23(24)13-14-29(31)35-30/h5-7,10-15,17-20,22H,3-4,8-9,16H2,1-2H3. The van der Waals surface area contributed by atoms with Crippen LogP contribution in [0.1, 0.15) is 56.6 Å². The van der Waals surface area contributed by atoms with Gasteiger partial charge in [0.1, 0.15) is 5.58 Å². The minimum atomic E-state index is 0.566. The molecule has 3 nitrogen and oxygen atoms in total. The highest BCUT2D eigenvalue weighted by molar-refractivity contribution is 6.11. The smallest absolute Gasteiger partial charge is 0.227 e. The summed E-state index contributed by atoms with van der Waals surface area (Å²) in [4.78, 5) is 9.81. The number of furan rings is 1. The lowest BCUT2D eigenvalue weighted by molar-refractivity contribution is 0.644. The molecule has 0 spiro atoms. The Kier molecular flexibility index (Phi) is 5.06. The number of nitrogens with zero attached hydrogens (tertiary/aromatic N) is 2. The second-order valence-corrected chi connectivity index (χ2v) is 10.8. The van der Waals surface area contributed by atoms with Gasteiger partial charge in [-0.2, -0.15) is 0 Å². The number of hydrogen-bond donors (Lipinski definition) is 0. The van der Waals surface area contributed by atoms with Crippen molar-refractivity contribution in [1.82, 2.24) is 9.97 Å². The Morgan fingerprint density at radius 1 is 0.889 bits per heavy atom. The molecule has 0 saturated heterocycles. The van der Waals surface area contributed by atoms with Crippen molar-refractivity contribution >= 4 is 43.7 Å². The first-order valence-corrected chi connectivity index (χ1v) is 13.3. The summed E-state index contributed by atoms with van der Waals surface area (Å²) in [6.45, 7) is 4.55. The maximum absolute atomic E-state index is 6.39. The molecule has 6 aromatic rings. The number of benzene rings is 3. The molecule has 36 heavy (non-hydrogen) atoms. The maximum atomic E-state index is 6.39. The van der Waals surface area contributed by atoms with Crippen LogP contribution in [0.25, 0.3) is 55.0 Å². The molecule has 1 fully saturated rings. The van der Waals surface area contributed by atoms with Gasteiger partial charge in [0.15, 0.2) is 0 Å². The predicted molar refractivity (Wildman–Crippen MR) is 150 cm³/mol. The molecular formula is C33H30N2O. The van der Waals surface area contributed by atoms with Gasteiger partial charge in [0.2, 0.25) is 5.71 Å². The summed E-state index contributed by atoms with van der Waals surface area (Å²) in [5, 5.41) is 6.12. The largest absolute Gasteiger partial charge is 0.437 e. The molecule has 0 bridgehead atoms. The van der Waals surface area contributed by atoms with Crippen LogP contribution >= 0.6 is 0 Å². The number of aromatic nitrogens is 2. The van der Waals surface area contributed by atoms with Crippen LogP contribution in [0.2, 0.25) is 0 Å². The van der Waals surface area contributed by atoms with Crippen LogP contribution in [-0.2, 0) is 6.42 Å². The molecule has 0 N–H and O–H groups in total. The average molecular weight is 471 g/mol. The Labute approximate surface area is 211 Å². The van der Waals surface area contributed by atoms with E-state index in [2.05, 4.69) is 79.5 Å². The lowest BCUT2D eigenvalue weighted by Gasteiger charge is -2.17. The van der Waals surface area contributed by atoms with E-state index in [0.717, 1.165) is 39.6 Å². The number of pyridine rings is 2. The Balaban J connectivity index is 1.55. The van der Waals surface area contributed by atoms with Gasteiger partial charge < -0.3 is 4.42 Å². The number of fused-ring (bicyclic) bond motifs is 6. The van der Waals surface area contributed by atoms with E-state index in [4.69, 9.17) is 9.40 Å². The molecule has 3 aromatic carbocycles. The van der Waals surface area contributed by atoms with Gasteiger partial charge in [-0.25, -0.2) is 9.97 Å². The quantitative estimate of drug-likeness (QED) is 0.241. The zero-order valence-electron chi connectivity index (χ0n) is 20.9. The van der Waals surface area contributed by atoms with Crippen molar-refractivity contribution in [2.24, 2.45) is 5.92 Å². The highest BCUT2D eigenvalue weighted by Gasteiger charge is 2.23. The van der Waals surface area contributed by atoms with Gasteiger partial charge in [-0.15, -0.1) is 0 Å². The van der Waals surface area contributed by atoms with E-state index in [1.807, 2.05) is 6.07 Å². The van der Waals surface area contributed by atoms with E-state index in [1.165, 1.54) is 53.0 Å². The fourth-order valence-corrected chi connectivity index (χ4v) is 6.29. The topological polar surface area (TPSA) is 38.9 Å². The highest BCUT2D eigenvalue weighted by Crippen LogP contribution is 2.43. The molecule has 1 saturated carbocycles. The summed E-state index contributed by atoms with van der Waals surface area (Å²) < 4.78 is 6.39. The summed E-state index contributed by atoms with van der Waals surface area (Å²) in [6.07, 6.45) is 7.93. The predicted octanol–water partition coefficient (Wildman–Crippen LogP) is 9.21. The number of rotatable bonds is 4. The summed E-state index contributed by atoms with van der Waals surface area (Å²) >= 11 is 0. The van der Waals surface area contributed by atoms with Gasteiger partial charge in [-0.3, -0.25) is 0 Å². The van der Waals surface area contributed by atoms with Crippen molar-refractivity contribution in [3.05, 3.63) is 84.1 Å². The van der Waals surface area contributed by atoms with Crippen LogP contribution in [0.15, 0.2) is 77.3 Å². The summed E-state index contributed by atoms with van der Waals surface area (Å²) in [6, 6.07) is 24.2. The lowest BCUT2D eigenvalue weighted by atomic mass is 9.89. The average Bonchev–Trinajstić information content (AvgIpc) is 3.56. The van der Waals surface area contributed by atoms with E-state index in [-0.39, 0.29) is 0 Å². The molecule has 0 atom stereocenters. The highest BCUT2D eigenvalue weighted by atomic mass is 16.3. The fraction of sp³-hybridized carbons (Fsp3) is 0.273. The van der Waals surface area contributed by atoms with Crippen molar-refractivity contribution in [3.63, 3.8) is 0 Å². The molecule has 0 aliphatic heterocycles. The molecule has 0 radical (unpaired) electrons. The Morgan fingerprint density at radius 3 is 2.58 bits per heavy atom. The third kappa shape index (κ3) is 3.49. The van der Waals surface area contributed by atoms with Crippen molar-refractivity contribution in [2.45, 2.75) is 51.9 Å². The van der Waals surface area contributed by atoms with Gasteiger partial charge in [-0.05, 0) is 89.4 Å². The Bertz CT molecular complexity index is 1760. The molecule has 3 heterocycles. The summed E-state index contributed by atoms with van der Waals surface area (Å²) in [5.74, 6) is 1.14. The van der Waals surface area contributed by atoms with Crippen LogP contribution in [0.3, 0.4) is 0 Å². The molecule has 1 aliphatic rings. The van der Waals surface area contributed by atoms with E-state index in [9.17, 15) is 0 Å². The Morgan fingerprint density at radius 2 is 1.72 bits per heavy atom. The summed E-state index contributed by atoms with van der Waals surface area (Å²) in [5.41, 5.74) is 7.51. The second kappa shape index (κ2) is 8.44. The van der Waals surface area contributed by atoms with Gasteiger partial charge in [0.05, 0.1) is 11.2 Å². The third-order valence-corrected chi connectivity index (χ3v) is 7.85. The molecule has 0 amide bonds. The van der Waals surface area contributed by atoms with E-state index >= 15 is 0 Å². The van der Waals surface area contributed by atoms with Gasteiger partial charge in [-0.1, -0.05) is 57.0 Å². The molecule has 3 aromatic heterocycles. The van der Waals surface area contributed by atoms with Crippen LogP contribution < -0.4 is 0 Å². The van der Waals surface area contributed by atoms with E-state index in [1.54, 1.807) is 6.20 Å². The zero-order valence-corrected chi connectivity index (χ0v) is 20.9. The van der Waals surface area contributed by atoms with Crippen molar-refractivity contribution in [3.8, 4) is 11.3 Å². The summed E-state index contributed by atoms with van der Waals surface area (Å²) in [7, 11) is 0. The second-order valence-electron chi connectivity index (χ2n) is 10.8. The zero-order chi connectivity index (χ0) is 24.2. The Hall–Kier alpha value is -3.72. The van der Waals surface area contributed by atoms with Gasteiger partial charge in [0, 0.05) is 27.9 Å². The minimum absolute atomic E-state index is 0.566. The third-order valence-electron chi connectivity index (χ3n) is 7.85. The van der Waals surface area contributed by atoms with Crippen molar-refractivity contribution in [1.29, 1.82) is 0 Å².